The summed E-state index contributed by atoms with van der Waals surface area (Å²) in [6.07, 6.45) is -0.576. The Bertz CT molecular complexity index is 511. The maximum absolute atomic E-state index is 12.7. The second-order valence-electron chi connectivity index (χ2n) is 4.80. The lowest BCUT2D eigenvalue weighted by Crippen LogP contribution is -2.40. The van der Waals surface area contributed by atoms with Crippen molar-refractivity contribution >= 4 is 5.91 Å². The molecule has 0 atom stereocenters. The third-order valence-corrected chi connectivity index (χ3v) is 3.16. The topological polar surface area (TPSA) is 29.5 Å². The first-order chi connectivity index (χ1) is 9.98. The Balaban J connectivity index is 2.12. The van der Waals surface area contributed by atoms with Gasteiger partial charge in [0, 0.05) is 5.70 Å². The highest BCUT2D eigenvalue weighted by molar-refractivity contribution is 5.82. The van der Waals surface area contributed by atoms with Gasteiger partial charge >= 0.3 is 12.1 Å². The highest BCUT2D eigenvalue weighted by atomic mass is 19.4. The number of hydrogen-bond acceptors (Lipinski definition) is 2. The fraction of sp³-hybridized carbons (Fsp3) is 0.400. The molecule has 0 unspecified atom stereocenters. The summed E-state index contributed by atoms with van der Waals surface area (Å²) in [5.74, 6) is -1.98. The molecule has 0 aliphatic heterocycles. The Morgan fingerprint density at radius 2 is 1.90 bits per heavy atom. The average molecular weight is 299 g/mol. The standard InChI is InChI=1S/C15H16F3NO2/c16-15(17,18)14(20)19(13-9-5-2-6-10-13)21-11-12-7-3-1-4-8-12/h1,3-4,7-9H,2,5-6,10-11H2. The molecule has 114 valence electrons. The zero-order chi connectivity index (χ0) is 15.3. The van der Waals surface area contributed by atoms with E-state index in [9.17, 15) is 18.0 Å². The SMILES string of the molecule is O=C(N(OCc1ccccc1)C1=CCCCC1)C(F)(F)F. The Morgan fingerprint density at radius 3 is 2.48 bits per heavy atom. The molecule has 0 saturated heterocycles. The molecule has 0 aromatic heterocycles. The molecule has 0 radical (unpaired) electrons. The molecule has 0 N–H and O–H groups in total. The predicted molar refractivity (Wildman–Crippen MR) is 70.7 cm³/mol. The summed E-state index contributed by atoms with van der Waals surface area (Å²) in [6.45, 7) is -0.0833. The van der Waals surface area contributed by atoms with Gasteiger partial charge in [0.25, 0.3) is 0 Å². The van der Waals surface area contributed by atoms with Gasteiger partial charge < -0.3 is 0 Å². The van der Waals surface area contributed by atoms with Crippen molar-refractivity contribution in [3.05, 3.63) is 47.7 Å². The zero-order valence-corrected chi connectivity index (χ0v) is 11.4. The number of hydrogen-bond donors (Lipinski definition) is 0. The van der Waals surface area contributed by atoms with Crippen LogP contribution in [0, 0.1) is 0 Å². The third-order valence-electron chi connectivity index (χ3n) is 3.16. The van der Waals surface area contributed by atoms with Crippen molar-refractivity contribution in [2.24, 2.45) is 0 Å². The minimum Gasteiger partial charge on any atom is -0.262 e. The van der Waals surface area contributed by atoms with Crippen LogP contribution in [-0.2, 0) is 16.2 Å². The maximum Gasteiger partial charge on any atom is 0.473 e. The molecule has 2 rings (SSSR count). The van der Waals surface area contributed by atoms with Gasteiger partial charge in [-0.2, -0.15) is 18.2 Å². The second kappa shape index (κ2) is 6.76. The van der Waals surface area contributed by atoms with E-state index < -0.39 is 12.1 Å². The van der Waals surface area contributed by atoms with Gasteiger partial charge in [0.2, 0.25) is 0 Å². The summed E-state index contributed by atoms with van der Waals surface area (Å²) >= 11 is 0. The third kappa shape index (κ3) is 4.32. The molecule has 1 aromatic rings. The summed E-state index contributed by atoms with van der Waals surface area (Å²) < 4.78 is 38.0. The number of halogens is 3. The fourth-order valence-electron chi connectivity index (χ4n) is 2.11. The van der Waals surface area contributed by atoms with Crippen LogP contribution >= 0.6 is 0 Å². The molecule has 1 aliphatic carbocycles. The lowest BCUT2D eigenvalue weighted by molar-refractivity contribution is -0.225. The average Bonchev–Trinajstić information content (AvgIpc) is 2.48. The fourth-order valence-corrected chi connectivity index (χ4v) is 2.11. The summed E-state index contributed by atoms with van der Waals surface area (Å²) in [6, 6.07) is 8.77. The normalized spacial score (nSPS) is 15.5. The number of carbonyl (C=O) groups is 1. The minimum atomic E-state index is -4.95. The first kappa shape index (κ1) is 15.6. The number of rotatable bonds is 4. The van der Waals surface area contributed by atoms with Crippen LogP contribution in [0.3, 0.4) is 0 Å². The van der Waals surface area contributed by atoms with Crippen molar-refractivity contribution in [2.75, 3.05) is 0 Å². The molecule has 6 heteroatoms. The lowest BCUT2D eigenvalue weighted by atomic mass is 10.0. The molecule has 3 nitrogen and oxygen atoms in total. The molecule has 0 bridgehead atoms. The van der Waals surface area contributed by atoms with Crippen molar-refractivity contribution in [2.45, 2.75) is 38.5 Å². The molecule has 1 aliphatic rings. The molecule has 0 saturated carbocycles. The number of alkyl halides is 3. The van der Waals surface area contributed by atoms with E-state index in [2.05, 4.69) is 0 Å². The van der Waals surface area contributed by atoms with E-state index in [0.29, 0.717) is 29.2 Å². The highest BCUT2D eigenvalue weighted by Crippen LogP contribution is 2.27. The van der Waals surface area contributed by atoms with Crippen LogP contribution in [0.1, 0.15) is 31.2 Å². The number of allylic oxidation sites excluding steroid dienone is 2. The summed E-state index contributed by atoms with van der Waals surface area (Å²) in [5, 5.41) is 0.409. The monoisotopic (exact) mass is 299 g/mol. The van der Waals surface area contributed by atoms with E-state index in [1.807, 2.05) is 0 Å². The van der Waals surface area contributed by atoms with Gasteiger partial charge in [-0.15, -0.1) is 0 Å². The van der Waals surface area contributed by atoms with Gasteiger partial charge in [-0.3, -0.25) is 9.63 Å². The number of benzene rings is 1. The van der Waals surface area contributed by atoms with Crippen molar-refractivity contribution < 1.29 is 22.8 Å². The van der Waals surface area contributed by atoms with Crippen LogP contribution in [0.25, 0.3) is 0 Å². The van der Waals surface area contributed by atoms with Crippen molar-refractivity contribution in [3.63, 3.8) is 0 Å². The van der Waals surface area contributed by atoms with E-state index in [-0.39, 0.29) is 6.61 Å². The lowest BCUT2D eigenvalue weighted by Gasteiger charge is -2.27. The van der Waals surface area contributed by atoms with Crippen LogP contribution < -0.4 is 0 Å². The van der Waals surface area contributed by atoms with E-state index in [0.717, 1.165) is 12.8 Å². The van der Waals surface area contributed by atoms with Crippen LogP contribution in [0.2, 0.25) is 0 Å². The summed E-state index contributed by atoms with van der Waals surface area (Å²) in [5.41, 5.74) is 0.994. The maximum atomic E-state index is 12.7. The van der Waals surface area contributed by atoms with E-state index >= 15 is 0 Å². The van der Waals surface area contributed by atoms with E-state index in [4.69, 9.17) is 4.84 Å². The number of hydroxylamine groups is 2. The molecular formula is C15H16F3NO2. The van der Waals surface area contributed by atoms with Gasteiger partial charge in [-0.05, 0) is 31.2 Å². The Hall–Kier alpha value is -1.82. The van der Waals surface area contributed by atoms with Crippen molar-refractivity contribution in [1.29, 1.82) is 0 Å². The van der Waals surface area contributed by atoms with Crippen LogP contribution in [0.4, 0.5) is 13.2 Å². The Morgan fingerprint density at radius 1 is 1.19 bits per heavy atom. The largest absolute Gasteiger partial charge is 0.473 e. The molecule has 0 heterocycles. The molecule has 1 amide bonds. The van der Waals surface area contributed by atoms with E-state index in [1.54, 1.807) is 36.4 Å². The van der Waals surface area contributed by atoms with Crippen LogP contribution in [-0.4, -0.2) is 17.1 Å². The smallest absolute Gasteiger partial charge is 0.262 e. The highest BCUT2D eigenvalue weighted by Gasteiger charge is 2.44. The first-order valence-electron chi connectivity index (χ1n) is 6.75. The van der Waals surface area contributed by atoms with Gasteiger partial charge in [-0.25, -0.2) is 0 Å². The first-order valence-corrected chi connectivity index (χ1v) is 6.75. The van der Waals surface area contributed by atoms with Gasteiger partial charge in [0.15, 0.2) is 0 Å². The number of amides is 1. The molecule has 1 aromatic carbocycles. The van der Waals surface area contributed by atoms with Gasteiger partial charge in [0.1, 0.15) is 6.61 Å². The van der Waals surface area contributed by atoms with Gasteiger partial charge in [-0.1, -0.05) is 36.4 Å². The molecule has 0 spiro atoms. The second-order valence-corrected chi connectivity index (χ2v) is 4.80. The quantitative estimate of drug-likeness (QED) is 0.787. The Labute approximate surface area is 121 Å². The molecule has 0 fully saturated rings. The summed E-state index contributed by atoms with van der Waals surface area (Å²) in [7, 11) is 0. The predicted octanol–water partition coefficient (Wildman–Crippen LogP) is 3.97. The van der Waals surface area contributed by atoms with Crippen molar-refractivity contribution in [1.82, 2.24) is 5.06 Å². The minimum absolute atomic E-state index is 0.0833. The van der Waals surface area contributed by atoms with Crippen LogP contribution in [0.5, 0.6) is 0 Å². The van der Waals surface area contributed by atoms with E-state index in [1.165, 1.54) is 0 Å². The molecule has 21 heavy (non-hydrogen) atoms. The van der Waals surface area contributed by atoms with Crippen LogP contribution in [0.15, 0.2) is 42.1 Å². The number of carbonyl (C=O) groups excluding carboxylic acids is 1. The van der Waals surface area contributed by atoms with Crippen molar-refractivity contribution in [3.8, 4) is 0 Å². The number of nitrogens with zero attached hydrogens (tertiary/aromatic N) is 1. The van der Waals surface area contributed by atoms with Gasteiger partial charge in [0.05, 0.1) is 0 Å². The Kier molecular flexibility index (Phi) is 5.01. The molecular weight excluding hydrogens is 283 g/mol. The zero-order valence-electron chi connectivity index (χ0n) is 11.4. The summed E-state index contributed by atoms with van der Waals surface area (Å²) in [4.78, 5) is 16.7.